The van der Waals surface area contributed by atoms with E-state index in [1.165, 1.54) is 6.20 Å². The van der Waals surface area contributed by atoms with E-state index in [1.54, 1.807) is 37.4 Å². The summed E-state index contributed by atoms with van der Waals surface area (Å²) in [6, 6.07) is 8.69. The first-order chi connectivity index (χ1) is 9.10. The number of nitrogens with one attached hydrogen (secondary N) is 2. The van der Waals surface area contributed by atoms with E-state index in [2.05, 4.69) is 31.5 Å². The Morgan fingerprint density at radius 3 is 2.74 bits per heavy atom. The third-order valence-electron chi connectivity index (χ3n) is 2.46. The number of rotatable bonds is 3. The topological polar surface area (TPSA) is 54.0 Å². The van der Waals surface area contributed by atoms with Gasteiger partial charge < -0.3 is 10.6 Å². The van der Waals surface area contributed by atoms with Gasteiger partial charge in [-0.15, -0.1) is 0 Å². The van der Waals surface area contributed by atoms with Gasteiger partial charge in [0.2, 0.25) is 0 Å². The molecule has 1 aromatic carbocycles. The van der Waals surface area contributed by atoms with E-state index in [0.717, 1.165) is 4.47 Å². The molecule has 2 N–H and O–H groups in total. The molecule has 0 radical (unpaired) electrons. The lowest BCUT2D eigenvalue weighted by atomic mass is 10.2. The van der Waals surface area contributed by atoms with Crippen LogP contribution in [-0.2, 0) is 0 Å². The minimum absolute atomic E-state index is 0.254. The normalized spacial score (nSPS) is 10.1. The number of amides is 1. The Labute approximate surface area is 124 Å². The Balaban J connectivity index is 2.18. The van der Waals surface area contributed by atoms with Gasteiger partial charge >= 0.3 is 0 Å². The zero-order valence-electron chi connectivity index (χ0n) is 10.1. The van der Waals surface area contributed by atoms with Gasteiger partial charge in [-0.2, -0.15) is 0 Å². The smallest absolute Gasteiger partial charge is 0.257 e. The Bertz CT molecular complexity index is 601. The third kappa shape index (κ3) is 3.45. The maximum absolute atomic E-state index is 12.0. The Hall–Kier alpha value is -1.59. The third-order valence-corrected chi connectivity index (χ3v) is 3.28. The van der Waals surface area contributed by atoms with E-state index >= 15 is 0 Å². The molecule has 0 aliphatic heterocycles. The maximum atomic E-state index is 12.0. The SMILES string of the molecule is CNc1ccc(C(=O)Nc2cc(Br)ccc2Cl)cn1. The van der Waals surface area contributed by atoms with Gasteiger partial charge in [0, 0.05) is 17.7 Å². The van der Waals surface area contributed by atoms with Crippen LogP contribution in [0, 0.1) is 0 Å². The molecule has 0 saturated carbocycles. The number of hydrogen-bond acceptors (Lipinski definition) is 3. The van der Waals surface area contributed by atoms with Crippen LogP contribution in [0.4, 0.5) is 11.5 Å². The van der Waals surface area contributed by atoms with E-state index in [4.69, 9.17) is 11.6 Å². The van der Waals surface area contributed by atoms with Gasteiger partial charge in [-0.1, -0.05) is 27.5 Å². The number of anilines is 2. The number of halogens is 2. The lowest BCUT2D eigenvalue weighted by Gasteiger charge is -2.08. The summed E-state index contributed by atoms with van der Waals surface area (Å²) in [4.78, 5) is 16.1. The fourth-order valence-corrected chi connectivity index (χ4v) is 1.99. The average Bonchev–Trinajstić information content (AvgIpc) is 2.43. The van der Waals surface area contributed by atoms with Crippen LogP contribution in [0.2, 0.25) is 5.02 Å². The van der Waals surface area contributed by atoms with Gasteiger partial charge in [-0.05, 0) is 30.3 Å². The highest BCUT2D eigenvalue weighted by molar-refractivity contribution is 9.10. The van der Waals surface area contributed by atoms with Crippen LogP contribution in [0.1, 0.15) is 10.4 Å². The molecule has 98 valence electrons. The number of hydrogen-bond donors (Lipinski definition) is 2. The zero-order valence-corrected chi connectivity index (χ0v) is 12.4. The molecule has 0 bridgehead atoms. The largest absolute Gasteiger partial charge is 0.373 e. The molecule has 19 heavy (non-hydrogen) atoms. The van der Waals surface area contributed by atoms with Gasteiger partial charge in [-0.3, -0.25) is 4.79 Å². The number of carbonyl (C=O) groups excluding carboxylic acids is 1. The van der Waals surface area contributed by atoms with E-state index < -0.39 is 0 Å². The summed E-state index contributed by atoms with van der Waals surface area (Å²) in [7, 11) is 1.77. The van der Waals surface area contributed by atoms with Crippen LogP contribution in [-0.4, -0.2) is 17.9 Å². The fraction of sp³-hybridized carbons (Fsp3) is 0.0769. The molecule has 0 unspecified atom stereocenters. The van der Waals surface area contributed by atoms with Crippen molar-refractivity contribution in [2.75, 3.05) is 17.7 Å². The Kier molecular flexibility index (Phi) is 4.39. The average molecular weight is 341 g/mol. The van der Waals surface area contributed by atoms with Crippen molar-refractivity contribution in [3.63, 3.8) is 0 Å². The summed E-state index contributed by atoms with van der Waals surface area (Å²) >= 11 is 9.35. The van der Waals surface area contributed by atoms with Crippen molar-refractivity contribution in [1.29, 1.82) is 0 Å². The van der Waals surface area contributed by atoms with Crippen molar-refractivity contribution in [2.24, 2.45) is 0 Å². The molecule has 0 spiro atoms. The molecule has 6 heteroatoms. The summed E-state index contributed by atoms with van der Waals surface area (Å²) in [5.74, 6) is 0.451. The first kappa shape index (κ1) is 13.8. The summed E-state index contributed by atoms with van der Waals surface area (Å²) in [6.45, 7) is 0. The van der Waals surface area contributed by atoms with Gasteiger partial charge in [0.1, 0.15) is 5.82 Å². The maximum Gasteiger partial charge on any atom is 0.257 e. The van der Waals surface area contributed by atoms with Crippen molar-refractivity contribution in [2.45, 2.75) is 0 Å². The highest BCUT2D eigenvalue weighted by atomic mass is 79.9. The van der Waals surface area contributed by atoms with Crippen LogP contribution in [0.15, 0.2) is 41.0 Å². The van der Waals surface area contributed by atoms with Crippen molar-refractivity contribution < 1.29 is 4.79 Å². The summed E-state index contributed by atoms with van der Waals surface area (Å²) < 4.78 is 0.843. The van der Waals surface area contributed by atoms with Crippen molar-refractivity contribution in [3.05, 3.63) is 51.6 Å². The van der Waals surface area contributed by atoms with Gasteiger partial charge in [-0.25, -0.2) is 4.98 Å². The number of nitrogens with zero attached hydrogens (tertiary/aromatic N) is 1. The first-order valence-electron chi connectivity index (χ1n) is 5.50. The second-order valence-electron chi connectivity index (χ2n) is 3.76. The van der Waals surface area contributed by atoms with Gasteiger partial charge in [0.15, 0.2) is 0 Å². The zero-order chi connectivity index (χ0) is 13.8. The van der Waals surface area contributed by atoms with E-state index in [9.17, 15) is 4.79 Å². The molecule has 0 aliphatic carbocycles. The minimum Gasteiger partial charge on any atom is -0.373 e. The fourth-order valence-electron chi connectivity index (χ4n) is 1.46. The van der Waals surface area contributed by atoms with Crippen LogP contribution in [0.3, 0.4) is 0 Å². The minimum atomic E-state index is -0.254. The molecule has 1 amide bonds. The van der Waals surface area contributed by atoms with E-state index in [-0.39, 0.29) is 5.91 Å². The van der Waals surface area contributed by atoms with Crippen LogP contribution < -0.4 is 10.6 Å². The molecule has 2 rings (SSSR count). The predicted octanol–water partition coefficient (Wildman–Crippen LogP) is 3.79. The highest BCUT2D eigenvalue weighted by Crippen LogP contribution is 2.26. The van der Waals surface area contributed by atoms with E-state index in [0.29, 0.717) is 22.1 Å². The lowest BCUT2D eigenvalue weighted by Crippen LogP contribution is -2.12. The van der Waals surface area contributed by atoms with Crippen molar-refractivity contribution in [1.82, 2.24) is 4.98 Å². The van der Waals surface area contributed by atoms with Crippen LogP contribution in [0.25, 0.3) is 0 Å². The number of pyridine rings is 1. The molecule has 0 saturated heterocycles. The van der Waals surface area contributed by atoms with E-state index in [1.807, 2.05) is 0 Å². The van der Waals surface area contributed by atoms with Crippen molar-refractivity contribution in [3.8, 4) is 0 Å². The molecule has 0 atom stereocenters. The molecular weight excluding hydrogens is 330 g/mol. The molecule has 0 fully saturated rings. The highest BCUT2D eigenvalue weighted by Gasteiger charge is 2.09. The van der Waals surface area contributed by atoms with Gasteiger partial charge in [0.25, 0.3) is 5.91 Å². The second kappa shape index (κ2) is 6.04. The van der Waals surface area contributed by atoms with Crippen molar-refractivity contribution >= 4 is 44.9 Å². The summed E-state index contributed by atoms with van der Waals surface area (Å²) in [5, 5.41) is 6.12. The number of carbonyl (C=O) groups is 1. The lowest BCUT2D eigenvalue weighted by molar-refractivity contribution is 0.102. The number of aromatic nitrogens is 1. The molecule has 0 aliphatic rings. The molecular formula is C13H11BrClN3O. The quantitative estimate of drug-likeness (QED) is 0.894. The second-order valence-corrected chi connectivity index (χ2v) is 5.08. The first-order valence-corrected chi connectivity index (χ1v) is 6.67. The molecule has 1 heterocycles. The molecule has 1 aromatic heterocycles. The van der Waals surface area contributed by atoms with Gasteiger partial charge in [0.05, 0.1) is 16.3 Å². The molecule has 2 aromatic rings. The Morgan fingerprint density at radius 1 is 1.32 bits per heavy atom. The predicted molar refractivity (Wildman–Crippen MR) is 80.9 cm³/mol. The number of benzene rings is 1. The van der Waals surface area contributed by atoms with Crippen LogP contribution >= 0.6 is 27.5 Å². The molecule has 4 nitrogen and oxygen atoms in total. The van der Waals surface area contributed by atoms with Crippen LogP contribution in [0.5, 0.6) is 0 Å². The summed E-state index contributed by atoms with van der Waals surface area (Å²) in [5.41, 5.74) is 1.02. The monoisotopic (exact) mass is 339 g/mol. The Morgan fingerprint density at radius 2 is 2.11 bits per heavy atom. The summed E-state index contributed by atoms with van der Waals surface area (Å²) in [6.07, 6.45) is 1.51. The standard InChI is InChI=1S/C13H11BrClN3O/c1-16-12-5-2-8(7-17-12)13(19)18-11-6-9(14)3-4-10(11)15/h2-7H,1H3,(H,16,17)(H,18,19).